The zero-order chi connectivity index (χ0) is 13.4. The lowest BCUT2D eigenvalue weighted by Gasteiger charge is -2.48. The highest BCUT2D eigenvalue weighted by molar-refractivity contribution is 4.99. The average molecular weight is 252 g/mol. The molecular formula is C16H32N2. The molecule has 0 aliphatic heterocycles. The molecule has 2 nitrogen and oxygen atoms in total. The molecule has 2 aliphatic rings. The summed E-state index contributed by atoms with van der Waals surface area (Å²) in [6.07, 6.45) is 8.45. The van der Waals surface area contributed by atoms with Crippen LogP contribution in [-0.4, -0.2) is 30.6 Å². The molecule has 0 radical (unpaired) electrons. The molecule has 0 amide bonds. The number of hydrogen-bond acceptors (Lipinski definition) is 2. The second-order valence-corrected chi connectivity index (χ2v) is 8.04. The van der Waals surface area contributed by atoms with Crippen molar-refractivity contribution < 1.29 is 0 Å². The lowest BCUT2D eigenvalue weighted by Crippen LogP contribution is -2.56. The first-order valence-electron chi connectivity index (χ1n) is 7.78. The lowest BCUT2D eigenvalue weighted by atomic mass is 9.72. The number of hydrogen-bond donors (Lipinski definition) is 1. The maximum absolute atomic E-state index is 6.20. The van der Waals surface area contributed by atoms with Crippen molar-refractivity contribution in [2.45, 2.75) is 64.8 Å². The van der Waals surface area contributed by atoms with Gasteiger partial charge in [0.2, 0.25) is 0 Å². The van der Waals surface area contributed by atoms with Crippen molar-refractivity contribution in [1.82, 2.24) is 4.90 Å². The Hall–Kier alpha value is -0.0800. The Labute approximate surface area is 113 Å². The zero-order valence-corrected chi connectivity index (χ0v) is 12.8. The van der Waals surface area contributed by atoms with E-state index in [1.807, 2.05) is 0 Å². The fourth-order valence-corrected chi connectivity index (χ4v) is 3.92. The first-order valence-corrected chi connectivity index (χ1v) is 7.78. The Morgan fingerprint density at radius 2 is 1.83 bits per heavy atom. The maximum Gasteiger partial charge on any atom is 0.0331 e. The van der Waals surface area contributed by atoms with Crippen LogP contribution in [0, 0.1) is 17.3 Å². The highest BCUT2D eigenvalue weighted by atomic mass is 15.2. The quantitative estimate of drug-likeness (QED) is 0.832. The van der Waals surface area contributed by atoms with Gasteiger partial charge in [-0.1, -0.05) is 33.6 Å². The van der Waals surface area contributed by atoms with Crippen molar-refractivity contribution >= 4 is 0 Å². The molecule has 2 unspecified atom stereocenters. The van der Waals surface area contributed by atoms with Crippen LogP contribution in [0.2, 0.25) is 0 Å². The normalized spacial score (nSPS) is 34.0. The van der Waals surface area contributed by atoms with Gasteiger partial charge in [-0.2, -0.15) is 0 Å². The van der Waals surface area contributed by atoms with Gasteiger partial charge in [0.25, 0.3) is 0 Å². The number of rotatable bonds is 4. The third-order valence-electron chi connectivity index (χ3n) is 5.05. The van der Waals surface area contributed by atoms with E-state index < -0.39 is 0 Å². The third-order valence-corrected chi connectivity index (χ3v) is 5.05. The molecule has 0 heterocycles. The smallest absolute Gasteiger partial charge is 0.0331 e. The second kappa shape index (κ2) is 5.13. The number of nitrogens with zero attached hydrogens (tertiary/aromatic N) is 1. The van der Waals surface area contributed by atoms with E-state index in [2.05, 4.69) is 32.7 Å². The predicted octanol–water partition coefficient (Wildman–Crippen LogP) is 3.26. The second-order valence-electron chi connectivity index (χ2n) is 8.04. The number of likely N-dealkylation sites (N-methyl/N-ethyl adjacent to an activating group) is 1. The summed E-state index contributed by atoms with van der Waals surface area (Å²) in [5.41, 5.74) is 6.85. The van der Waals surface area contributed by atoms with Gasteiger partial charge in [-0.15, -0.1) is 0 Å². The monoisotopic (exact) mass is 252 g/mol. The summed E-state index contributed by atoms with van der Waals surface area (Å²) in [5, 5.41) is 0. The molecule has 2 N–H and O–H groups in total. The lowest BCUT2D eigenvalue weighted by molar-refractivity contribution is 0.0292. The molecule has 2 heteroatoms. The molecule has 0 bridgehead atoms. The van der Waals surface area contributed by atoms with Crippen LogP contribution >= 0.6 is 0 Å². The van der Waals surface area contributed by atoms with Crippen molar-refractivity contribution in [2.24, 2.45) is 23.0 Å². The minimum atomic E-state index is 0.290. The molecule has 2 saturated carbocycles. The van der Waals surface area contributed by atoms with Gasteiger partial charge >= 0.3 is 0 Å². The van der Waals surface area contributed by atoms with Crippen LogP contribution in [0.3, 0.4) is 0 Å². The summed E-state index contributed by atoms with van der Waals surface area (Å²) >= 11 is 0. The molecule has 106 valence electrons. The van der Waals surface area contributed by atoms with Crippen LogP contribution in [0.15, 0.2) is 0 Å². The SMILES string of the molecule is CN(CC(C)(C)C)C1(CN)CCCC(C2CC2)C1. The Balaban J connectivity index is 2.03. The van der Waals surface area contributed by atoms with E-state index in [-0.39, 0.29) is 0 Å². The van der Waals surface area contributed by atoms with Crippen LogP contribution in [0.4, 0.5) is 0 Å². The van der Waals surface area contributed by atoms with Crippen molar-refractivity contribution in [3.8, 4) is 0 Å². The summed E-state index contributed by atoms with van der Waals surface area (Å²) < 4.78 is 0. The van der Waals surface area contributed by atoms with Gasteiger partial charge in [-0.3, -0.25) is 4.90 Å². The van der Waals surface area contributed by atoms with E-state index in [9.17, 15) is 0 Å². The summed E-state index contributed by atoms with van der Waals surface area (Å²) in [4.78, 5) is 2.58. The van der Waals surface area contributed by atoms with Gasteiger partial charge in [-0.25, -0.2) is 0 Å². The van der Waals surface area contributed by atoms with E-state index in [0.717, 1.165) is 24.9 Å². The maximum atomic E-state index is 6.20. The summed E-state index contributed by atoms with van der Waals surface area (Å²) in [6, 6.07) is 0. The van der Waals surface area contributed by atoms with Gasteiger partial charge in [0.15, 0.2) is 0 Å². The van der Waals surface area contributed by atoms with E-state index in [1.54, 1.807) is 0 Å². The minimum absolute atomic E-state index is 0.290. The molecule has 2 rings (SSSR count). The molecule has 0 spiro atoms. The molecule has 0 aromatic rings. The van der Waals surface area contributed by atoms with Crippen LogP contribution in [0.5, 0.6) is 0 Å². The van der Waals surface area contributed by atoms with Gasteiger partial charge in [-0.05, 0) is 50.0 Å². The molecule has 2 aliphatic carbocycles. The van der Waals surface area contributed by atoms with Crippen LogP contribution in [0.25, 0.3) is 0 Å². The average Bonchev–Trinajstić information content (AvgIpc) is 3.10. The Morgan fingerprint density at radius 1 is 1.17 bits per heavy atom. The molecule has 2 atom stereocenters. The van der Waals surface area contributed by atoms with E-state index in [1.165, 1.54) is 38.5 Å². The Kier molecular flexibility index (Phi) is 4.08. The molecule has 0 aromatic carbocycles. The molecular weight excluding hydrogens is 220 g/mol. The van der Waals surface area contributed by atoms with Crippen molar-refractivity contribution in [2.75, 3.05) is 20.1 Å². The zero-order valence-electron chi connectivity index (χ0n) is 12.8. The topological polar surface area (TPSA) is 29.3 Å². The highest BCUT2D eigenvalue weighted by Gasteiger charge is 2.43. The molecule has 0 aromatic heterocycles. The predicted molar refractivity (Wildman–Crippen MR) is 78.6 cm³/mol. The van der Waals surface area contributed by atoms with Crippen LogP contribution in [0.1, 0.15) is 59.3 Å². The van der Waals surface area contributed by atoms with E-state index in [4.69, 9.17) is 5.73 Å². The standard InChI is InChI=1S/C16H32N2/c1-15(2,3)12-18(4)16(11-17)9-5-6-14(10-16)13-7-8-13/h13-14H,5-12,17H2,1-4H3. The van der Waals surface area contributed by atoms with Gasteiger partial charge < -0.3 is 5.73 Å². The van der Waals surface area contributed by atoms with Gasteiger partial charge in [0.1, 0.15) is 0 Å². The Morgan fingerprint density at radius 3 is 2.33 bits per heavy atom. The summed E-state index contributed by atoms with van der Waals surface area (Å²) in [6.45, 7) is 8.98. The van der Waals surface area contributed by atoms with Crippen molar-refractivity contribution in [3.05, 3.63) is 0 Å². The fourth-order valence-electron chi connectivity index (χ4n) is 3.92. The number of nitrogens with two attached hydrogens (primary N) is 1. The van der Waals surface area contributed by atoms with Crippen LogP contribution < -0.4 is 5.73 Å². The van der Waals surface area contributed by atoms with Crippen LogP contribution in [-0.2, 0) is 0 Å². The van der Waals surface area contributed by atoms with Gasteiger partial charge in [0.05, 0.1) is 0 Å². The highest BCUT2D eigenvalue weighted by Crippen LogP contribution is 2.48. The third kappa shape index (κ3) is 3.27. The molecule has 18 heavy (non-hydrogen) atoms. The fraction of sp³-hybridized carbons (Fsp3) is 1.00. The van der Waals surface area contributed by atoms with Gasteiger partial charge in [0, 0.05) is 18.6 Å². The summed E-state index contributed by atoms with van der Waals surface area (Å²) in [7, 11) is 2.30. The largest absolute Gasteiger partial charge is 0.329 e. The van der Waals surface area contributed by atoms with E-state index >= 15 is 0 Å². The van der Waals surface area contributed by atoms with Crippen molar-refractivity contribution in [1.29, 1.82) is 0 Å². The van der Waals surface area contributed by atoms with Crippen molar-refractivity contribution in [3.63, 3.8) is 0 Å². The molecule has 0 saturated heterocycles. The first kappa shape index (κ1) is 14.3. The minimum Gasteiger partial charge on any atom is -0.329 e. The summed E-state index contributed by atoms with van der Waals surface area (Å²) in [5.74, 6) is 2.00. The Bertz CT molecular complexity index is 277. The molecule has 2 fully saturated rings. The first-order chi connectivity index (χ1) is 8.36. The van der Waals surface area contributed by atoms with E-state index in [0.29, 0.717) is 11.0 Å².